The van der Waals surface area contributed by atoms with Gasteiger partial charge in [-0.15, -0.1) is 0 Å². The highest BCUT2D eigenvalue weighted by Crippen LogP contribution is 2.17. The Bertz CT molecular complexity index is 881. The van der Waals surface area contributed by atoms with Crippen molar-refractivity contribution in [3.63, 3.8) is 0 Å². The third-order valence-electron chi connectivity index (χ3n) is 5.97. The van der Waals surface area contributed by atoms with Crippen LogP contribution in [0.4, 0.5) is 0 Å². The molecule has 0 aliphatic heterocycles. The van der Waals surface area contributed by atoms with Crippen LogP contribution >= 0.6 is 11.5 Å². The summed E-state index contributed by atoms with van der Waals surface area (Å²) in [6.45, 7) is 4.45. The number of fused-ring (bicyclic) bond motifs is 1. The Morgan fingerprint density at radius 3 is 1.91 bits per heavy atom. The van der Waals surface area contributed by atoms with E-state index < -0.39 is 0 Å². The maximum atomic E-state index is 12.9. The molecule has 0 radical (unpaired) electrons. The minimum absolute atomic E-state index is 0.0720. The first-order valence-corrected chi connectivity index (χ1v) is 13.7. The van der Waals surface area contributed by atoms with Crippen molar-refractivity contribution in [2.24, 2.45) is 4.99 Å². The van der Waals surface area contributed by atoms with Crippen LogP contribution in [0.1, 0.15) is 121 Å². The predicted molar refractivity (Wildman–Crippen MR) is 136 cm³/mol. The third-order valence-corrected chi connectivity index (χ3v) is 7.04. The summed E-state index contributed by atoms with van der Waals surface area (Å²) in [4.78, 5) is 29.7. The molecule has 0 spiro atoms. The van der Waals surface area contributed by atoms with E-state index in [0.29, 0.717) is 17.5 Å². The number of nitrogens with zero attached hydrogens (tertiary/aromatic N) is 2. The molecule has 0 saturated heterocycles. The van der Waals surface area contributed by atoms with Gasteiger partial charge >= 0.3 is 0 Å². The second kappa shape index (κ2) is 16.0. The lowest BCUT2D eigenvalue weighted by Crippen LogP contribution is -2.07. The molecule has 0 bridgehead atoms. The summed E-state index contributed by atoms with van der Waals surface area (Å²) in [5.41, 5.74) is 0.868. The maximum Gasteiger partial charge on any atom is 0.247 e. The van der Waals surface area contributed by atoms with Crippen LogP contribution in [0.5, 0.6) is 0 Å². The number of benzene rings is 1. The van der Waals surface area contributed by atoms with Crippen LogP contribution in [0.25, 0.3) is 10.9 Å². The van der Waals surface area contributed by atoms with Crippen molar-refractivity contribution in [1.82, 2.24) is 3.96 Å². The number of para-hydroxylation sites is 1. The molecule has 1 aromatic heterocycles. The summed E-state index contributed by atoms with van der Waals surface area (Å²) in [7, 11) is 0. The zero-order valence-corrected chi connectivity index (χ0v) is 21.1. The summed E-state index contributed by atoms with van der Waals surface area (Å²) in [5, 5.41) is 0.901. The molecule has 0 aliphatic rings. The largest absolute Gasteiger partial charge is 0.273 e. The standard InChI is InChI=1S/C27H42N2O2S/c1-3-5-7-9-11-13-15-21-25(30)28-27-23-19-17-18-20-24(23)29(32-27)26(31)22-16-14-12-10-8-6-4-2/h17-20H,3-16,21-22H2,1-2H3. The number of unbranched alkanes of at least 4 members (excludes halogenated alkanes) is 12. The van der Waals surface area contributed by atoms with Gasteiger partial charge in [0.25, 0.3) is 0 Å². The second-order valence-corrected chi connectivity index (χ2v) is 9.78. The van der Waals surface area contributed by atoms with Crippen LogP contribution in [0.3, 0.4) is 0 Å². The molecule has 0 saturated carbocycles. The van der Waals surface area contributed by atoms with Gasteiger partial charge in [-0.2, -0.15) is 0 Å². The number of aromatic nitrogens is 1. The quantitative estimate of drug-likeness (QED) is 0.239. The third kappa shape index (κ3) is 9.40. The molecule has 0 N–H and O–H groups in total. The van der Waals surface area contributed by atoms with Gasteiger partial charge in [0.05, 0.1) is 5.52 Å². The smallest absolute Gasteiger partial charge is 0.247 e. The highest BCUT2D eigenvalue weighted by atomic mass is 32.1. The first kappa shape index (κ1) is 26.5. The Morgan fingerprint density at radius 1 is 0.750 bits per heavy atom. The van der Waals surface area contributed by atoms with Crippen LogP contribution in [-0.2, 0) is 4.79 Å². The Balaban J connectivity index is 1.90. The fourth-order valence-electron chi connectivity index (χ4n) is 4.02. The minimum atomic E-state index is -0.0720. The van der Waals surface area contributed by atoms with Crippen LogP contribution < -0.4 is 4.67 Å². The minimum Gasteiger partial charge on any atom is -0.273 e. The Hall–Kier alpha value is -1.75. The summed E-state index contributed by atoms with van der Waals surface area (Å²) >= 11 is 1.32. The van der Waals surface area contributed by atoms with E-state index in [1.165, 1.54) is 75.7 Å². The van der Waals surface area contributed by atoms with E-state index in [-0.39, 0.29) is 11.8 Å². The van der Waals surface area contributed by atoms with Gasteiger partial charge in [-0.1, -0.05) is 103 Å². The van der Waals surface area contributed by atoms with Gasteiger partial charge in [-0.05, 0) is 36.5 Å². The number of hydrogen-bond donors (Lipinski definition) is 0. The highest BCUT2D eigenvalue weighted by Gasteiger charge is 2.13. The SMILES string of the molecule is CCCCCCCCCC(=O)N=c1sn(C(=O)CCCCCCCCC)c2ccccc12. The fourth-order valence-corrected chi connectivity index (χ4v) is 5.06. The summed E-state index contributed by atoms with van der Waals surface area (Å²) in [6, 6.07) is 7.80. The van der Waals surface area contributed by atoms with E-state index in [4.69, 9.17) is 0 Å². The van der Waals surface area contributed by atoms with Crippen molar-refractivity contribution in [3.05, 3.63) is 28.9 Å². The van der Waals surface area contributed by atoms with E-state index >= 15 is 0 Å². The molecular formula is C27H42N2O2S. The van der Waals surface area contributed by atoms with E-state index in [1.807, 2.05) is 24.3 Å². The lowest BCUT2D eigenvalue weighted by molar-refractivity contribution is -0.118. The molecule has 0 atom stereocenters. The van der Waals surface area contributed by atoms with Gasteiger partial charge < -0.3 is 0 Å². The van der Waals surface area contributed by atoms with Gasteiger partial charge in [0.1, 0.15) is 4.67 Å². The van der Waals surface area contributed by atoms with Crippen molar-refractivity contribution in [1.29, 1.82) is 0 Å². The van der Waals surface area contributed by atoms with Crippen molar-refractivity contribution in [2.75, 3.05) is 0 Å². The van der Waals surface area contributed by atoms with Crippen LogP contribution in [0.15, 0.2) is 29.3 Å². The number of hydrogen-bond acceptors (Lipinski definition) is 3. The van der Waals surface area contributed by atoms with Crippen LogP contribution in [0, 0.1) is 0 Å². The van der Waals surface area contributed by atoms with Crippen molar-refractivity contribution >= 4 is 34.2 Å². The summed E-state index contributed by atoms with van der Waals surface area (Å²) in [6.07, 6.45) is 17.7. The van der Waals surface area contributed by atoms with E-state index in [9.17, 15) is 9.59 Å². The van der Waals surface area contributed by atoms with Crippen molar-refractivity contribution < 1.29 is 9.59 Å². The average Bonchev–Trinajstić information content (AvgIpc) is 3.16. The first-order chi connectivity index (χ1) is 15.7. The van der Waals surface area contributed by atoms with E-state index in [1.54, 1.807) is 3.96 Å². The number of carbonyl (C=O) groups excluding carboxylic acids is 2. The molecule has 0 aliphatic carbocycles. The molecule has 0 fully saturated rings. The molecule has 2 rings (SSSR count). The second-order valence-electron chi connectivity index (χ2n) is 8.85. The highest BCUT2D eigenvalue weighted by molar-refractivity contribution is 7.06. The van der Waals surface area contributed by atoms with Gasteiger partial charge in [0.15, 0.2) is 0 Å². The molecule has 1 aromatic carbocycles. The maximum absolute atomic E-state index is 12.9. The zero-order valence-electron chi connectivity index (χ0n) is 20.2. The molecule has 1 heterocycles. The van der Waals surface area contributed by atoms with Gasteiger partial charge in [0.2, 0.25) is 11.8 Å². The Labute approximate surface area is 198 Å². The average molecular weight is 459 g/mol. The van der Waals surface area contributed by atoms with Gasteiger partial charge in [0, 0.05) is 18.2 Å². The van der Waals surface area contributed by atoms with Gasteiger partial charge in [-0.3, -0.25) is 9.59 Å². The Morgan fingerprint density at radius 2 is 1.28 bits per heavy atom. The summed E-state index contributed by atoms with van der Waals surface area (Å²) < 4.78 is 2.41. The molecule has 32 heavy (non-hydrogen) atoms. The molecule has 0 unspecified atom stereocenters. The molecule has 4 nitrogen and oxygen atoms in total. The normalized spacial score (nSPS) is 12.0. The molecule has 5 heteroatoms. The number of amides is 1. The molecule has 2 aromatic rings. The van der Waals surface area contributed by atoms with Gasteiger partial charge in [-0.25, -0.2) is 8.95 Å². The Kier molecular flexibility index (Phi) is 13.2. The van der Waals surface area contributed by atoms with Crippen molar-refractivity contribution in [2.45, 2.75) is 117 Å². The topological polar surface area (TPSA) is 51.4 Å². The van der Waals surface area contributed by atoms with E-state index in [2.05, 4.69) is 18.8 Å². The molecule has 178 valence electrons. The number of carbonyl (C=O) groups is 2. The summed E-state index contributed by atoms with van der Waals surface area (Å²) in [5.74, 6) is 0.0398. The lowest BCUT2D eigenvalue weighted by Gasteiger charge is -2.03. The fraction of sp³-hybridized carbons (Fsp3) is 0.667. The lowest BCUT2D eigenvalue weighted by atomic mass is 10.1. The zero-order chi connectivity index (χ0) is 23.0. The molecule has 1 amide bonds. The molecular weight excluding hydrogens is 416 g/mol. The van der Waals surface area contributed by atoms with Crippen LogP contribution in [0.2, 0.25) is 0 Å². The van der Waals surface area contributed by atoms with E-state index in [0.717, 1.165) is 36.6 Å². The first-order valence-electron chi connectivity index (χ1n) is 12.9. The van der Waals surface area contributed by atoms with Crippen molar-refractivity contribution in [3.8, 4) is 0 Å². The van der Waals surface area contributed by atoms with Crippen LogP contribution in [-0.4, -0.2) is 15.8 Å². The number of rotatable bonds is 16. The monoisotopic (exact) mass is 458 g/mol. The predicted octanol–water partition coefficient (Wildman–Crippen LogP) is 8.05.